The molecule has 104 valence electrons. The van der Waals surface area contributed by atoms with E-state index in [1.54, 1.807) is 36.8 Å². The van der Waals surface area contributed by atoms with E-state index in [-0.39, 0.29) is 11.8 Å². The maximum atomic E-state index is 11.9. The van der Waals surface area contributed by atoms with Crippen LogP contribution in [0.1, 0.15) is 23.0 Å². The van der Waals surface area contributed by atoms with Crippen molar-refractivity contribution in [2.45, 2.75) is 13.3 Å². The molecule has 0 saturated heterocycles. The van der Waals surface area contributed by atoms with Crippen molar-refractivity contribution in [3.05, 3.63) is 48.0 Å². The normalized spacial score (nSPS) is 10.1. The van der Waals surface area contributed by atoms with E-state index < -0.39 is 0 Å². The summed E-state index contributed by atoms with van der Waals surface area (Å²) in [6.07, 6.45) is 4.04. The Balaban J connectivity index is 1.84. The van der Waals surface area contributed by atoms with Crippen molar-refractivity contribution in [3.8, 4) is 0 Å². The molecular weight excluding hydrogens is 256 g/mol. The SMILES string of the molecule is CC(=O)Nc1ccc(C(=O)NCCc2cnc[nH]2)cc1. The van der Waals surface area contributed by atoms with Gasteiger partial charge in [-0.15, -0.1) is 0 Å². The third-order valence-electron chi connectivity index (χ3n) is 2.70. The molecular formula is C14H16N4O2. The molecule has 0 aliphatic rings. The number of aromatic amines is 1. The highest BCUT2D eigenvalue weighted by molar-refractivity contribution is 5.95. The summed E-state index contributed by atoms with van der Waals surface area (Å²) in [4.78, 5) is 29.7. The van der Waals surface area contributed by atoms with Crippen LogP contribution in [0.2, 0.25) is 0 Å². The number of anilines is 1. The van der Waals surface area contributed by atoms with Crippen LogP contribution in [-0.4, -0.2) is 28.3 Å². The van der Waals surface area contributed by atoms with Crippen LogP contribution in [0.15, 0.2) is 36.8 Å². The van der Waals surface area contributed by atoms with Crippen LogP contribution in [0.5, 0.6) is 0 Å². The van der Waals surface area contributed by atoms with E-state index >= 15 is 0 Å². The summed E-state index contributed by atoms with van der Waals surface area (Å²) in [5.74, 6) is -0.277. The van der Waals surface area contributed by atoms with Crippen LogP contribution in [0.4, 0.5) is 5.69 Å². The molecule has 1 heterocycles. The Morgan fingerprint density at radius 2 is 2.00 bits per heavy atom. The van der Waals surface area contributed by atoms with E-state index in [1.165, 1.54) is 6.92 Å². The number of rotatable bonds is 5. The summed E-state index contributed by atoms with van der Waals surface area (Å²) >= 11 is 0. The van der Waals surface area contributed by atoms with Crippen LogP contribution in [0.25, 0.3) is 0 Å². The van der Waals surface area contributed by atoms with Crippen LogP contribution < -0.4 is 10.6 Å². The number of aromatic nitrogens is 2. The highest BCUT2D eigenvalue weighted by Gasteiger charge is 2.05. The number of nitrogens with zero attached hydrogens (tertiary/aromatic N) is 1. The average molecular weight is 272 g/mol. The van der Waals surface area contributed by atoms with Crippen molar-refractivity contribution in [3.63, 3.8) is 0 Å². The number of benzene rings is 1. The maximum absolute atomic E-state index is 11.9. The lowest BCUT2D eigenvalue weighted by atomic mass is 10.2. The molecule has 0 aliphatic heterocycles. The Bertz CT molecular complexity index is 576. The summed E-state index contributed by atoms with van der Waals surface area (Å²) in [7, 11) is 0. The van der Waals surface area contributed by atoms with Crippen molar-refractivity contribution in [2.24, 2.45) is 0 Å². The van der Waals surface area contributed by atoms with Crippen molar-refractivity contribution in [1.29, 1.82) is 0 Å². The highest BCUT2D eigenvalue weighted by atomic mass is 16.2. The highest BCUT2D eigenvalue weighted by Crippen LogP contribution is 2.09. The number of hydrogen-bond donors (Lipinski definition) is 3. The fourth-order valence-electron chi connectivity index (χ4n) is 1.74. The molecule has 0 bridgehead atoms. The summed E-state index contributed by atoms with van der Waals surface area (Å²) in [6.45, 7) is 1.98. The Morgan fingerprint density at radius 1 is 1.25 bits per heavy atom. The zero-order valence-corrected chi connectivity index (χ0v) is 11.1. The summed E-state index contributed by atoms with van der Waals surface area (Å²) in [6, 6.07) is 6.75. The van der Waals surface area contributed by atoms with Gasteiger partial charge in [0.25, 0.3) is 5.91 Å². The van der Waals surface area contributed by atoms with Gasteiger partial charge in [0.2, 0.25) is 5.91 Å². The number of hydrogen-bond acceptors (Lipinski definition) is 3. The van der Waals surface area contributed by atoms with Crippen molar-refractivity contribution in [2.75, 3.05) is 11.9 Å². The number of carbonyl (C=O) groups is 2. The number of amides is 2. The van der Waals surface area contributed by atoms with Crippen LogP contribution in [0, 0.1) is 0 Å². The minimum atomic E-state index is -0.140. The molecule has 2 rings (SSSR count). The second-order valence-electron chi connectivity index (χ2n) is 4.34. The van der Waals surface area contributed by atoms with Crippen LogP contribution in [0.3, 0.4) is 0 Å². The molecule has 0 unspecified atom stereocenters. The summed E-state index contributed by atoms with van der Waals surface area (Å²) in [5, 5.41) is 5.47. The molecule has 6 heteroatoms. The lowest BCUT2D eigenvalue weighted by molar-refractivity contribution is -0.114. The molecule has 0 radical (unpaired) electrons. The quantitative estimate of drug-likeness (QED) is 0.767. The number of H-pyrrole nitrogens is 1. The second kappa shape index (κ2) is 6.51. The Kier molecular flexibility index (Phi) is 4.49. The van der Waals surface area contributed by atoms with Gasteiger partial charge in [-0.25, -0.2) is 4.98 Å². The van der Waals surface area contributed by atoms with Gasteiger partial charge in [-0.05, 0) is 24.3 Å². The molecule has 20 heavy (non-hydrogen) atoms. The average Bonchev–Trinajstić information content (AvgIpc) is 2.92. The van der Waals surface area contributed by atoms with Gasteiger partial charge in [-0.3, -0.25) is 9.59 Å². The van der Waals surface area contributed by atoms with Gasteiger partial charge in [0, 0.05) is 43.0 Å². The first-order valence-electron chi connectivity index (χ1n) is 6.28. The number of nitrogens with one attached hydrogen (secondary N) is 3. The van der Waals surface area contributed by atoms with Gasteiger partial charge < -0.3 is 15.6 Å². The first kappa shape index (κ1) is 13.8. The predicted molar refractivity (Wildman–Crippen MR) is 75.4 cm³/mol. The lowest BCUT2D eigenvalue weighted by Crippen LogP contribution is -2.25. The topological polar surface area (TPSA) is 86.9 Å². The summed E-state index contributed by atoms with van der Waals surface area (Å²) in [5.41, 5.74) is 2.21. The molecule has 1 aromatic carbocycles. The monoisotopic (exact) mass is 272 g/mol. The molecule has 0 saturated carbocycles. The molecule has 3 N–H and O–H groups in total. The van der Waals surface area contributed by atoms with Crippen molar-refractivity contribution < 1.29 is 9.59 Å². The predicted octanol–water partition coefficient (Wildman–Crippen LogP) is 1.34. The van der Waals surface area contributed by atoms with Crippen molar-refractivity contribution in [1.82, 2.24) is 15.3 Å². The zero-order chi connectivity index (χ0) is 14.4. The minimum Gasteiger partial charge on any atom is -0.352 e. The van der Waals surface area contributed by atoms with Crippen molar-refractivity contribution >= 4 is 17.5 Å². The van der Waals surface area contributed by atoms with E-state index in [0.29, 0.717) is 24.2 Å². The van der Waals surface area contributed by atoms with Gasteiger partial charge in [0.05, 0.1) is 6.33 Å². The minimum absolute atomic E-state index is 0.137. The van der Waals surface area contributed by atoms with Gasteiger partial charge in [0.15, 0.2) is 0 Å². The van der Waals surface area contributed by atoms with E-state index in [9.17, 15) is 9.59 Å². The number of imidazole rings is 1. The third-order valence-corrected chi connectivity index (χ3v) is 2.70. The largest absolute Gasteiger partial charge is 0.352 e. The first-order chi connectivity index (χ1) is 9.65. The fourth-order valence-corrected chi connectivity index (χ4v) is 1.74. The molecule has 0 atom stereocenters. The van der Waals surface area contributed by atoms with E-state index in [0.717, 1.165) is 5.69 Å². The molecule has 2 aromatic rings. The summed E-state index contributed by atoms with van der Waals surface area (Å²) < 4.78 is 0. The van der Waals surface area contributed by atoms with Crippen LogP contribution >= 0.6 is 0 Å². The van der Waals surface area contributed by atoms with Gasteiger partial charge in [-0.2, -0.15) is 0 Å². The third kappa shape index (κ3) is 3.94. The van der Waals surface area contributed by atoms with E-state index in [1.807, 2.05) is 0 Å². The van der Waals surface area contributed by atoms with E-state index in [2.05, 4.69) is 20.6 Å². The van der Waals surface area contributed by atoms with E-state index in [4.69, 9.17) is 0 Å². The molecule has 1 aromatic heterocycles. The smallest absolute Gasteiger partial charge is 0.251 e. The first-order valence-corrected chi connectivity index (χ1v) is 6.28. The second-order valence-corrected chi connectivity index (χ2v) is 4.34. The van der Waals surface area contributed by atoms with Gasteiger partial charge in [0.1, 0.15) is 0 Å². The Hall–Kier alpha value is -2.63. The van der Waals surface area contributed by atoms with Gasteiger partial charge >= 0.3 is 0 Å². The molecule has 0 fully saturated rings. The Labute approximate surface area is 116 Å². The maximum Gasteiger partial charge on any atom is 0.251 e. The lowest BCUT2D eigenvalue weighted by Gasteiger charge is -2.06. The fraction of sp³-hybridized carbons (Fsp3) is 0.214. The molecule has 6 nitrogen and oxygen atoms in total. The van der Waals surface area contributed by atoms with Gasteiger partial charge in [-0.1, -0.05) is 0 Å². The zero-order valence-electron chi connectivity index (χ0n) is 11.1. The van der Waals surface area contributed by atoms with Crippen LogP contribution in [-0.2, 0) is 11.2 Å². The molecule has 0 spiro atoms. The Morgan fingerprint density at radius 3 is 2.60 bits per heavy atom. The molecule has 0 aliphatic carbocycles. The standard InChI is InChI=1S/C14H16N4O2/c1-10(19)18-12-4-2-11(3-5-12)14(20)16-7-6-13-8-15-9-17-13/h2-5,8-9H,6-7H2,1H3,(H,15,17)(H,16,20)(H,18,19). The molecule has 2 amide bonds. The number of carbonyl (C=O) groups excluding carboxylic acids is 2.